The van der Waals surface area contributed by atoms with Crippen LogP contribution in [0.3, 0.4) is 0 Å². The van der Waals surface area contributed by atoms with Gasteiger partial charge in [-0.05, 0) is 31.2 Å². The molecule has 0 atom stereocenters. The third-order valence-electron chi connectivity index (χ3n) is 3.68. The lowest BCUT2D eigenvalue weighted by Gasteiger charge is -2.02. The molecule has 0 fully saturated rings. The molecule has 0 heterocycles. The van der Waals surface area contributed by atoms with Gasteiger partial charge in [-0.1, -0.05) is 93.7 Å². The second kappa shape index (κ2) is 11.5. The van der Waals surface area contributed by atoms with Gasteiger partial charge in [-0.25, -0.2) is 0 Å². The Balaban J connectivity index is 2.26. The molecule has 0 aliphatic rings. The summed E-state index contributed by atoms with van der Waals surface area (Å²) in [5.41, 5.74) is 2.87. The lowest BCUT2D eigenvalue weighted by atomic mass is 10.0. The third-order valence-corrected chi connectivity index (χ3v) is 3.68. The second-order valence-electron chi connectivity index (χ2n) is 5.44. The zero-order valence-corrected chi connectivity index (χ0v) is 13.3. The third kappa shape index (κ3) is 7.99. The van der Waals surface area contributed by atoms with Crippen LogP contribution in [0.1, 0.15) is 70.8 Å². The molecule has 0 saturated carbocycles. The van der Waals surface area contributed by atoms with E-state index in [0.717, 1.165) is 6.42 Å². The van der Waals surface area contributed by atoms with Gasteiger partial charge in [-0.15, -0.1) is 0 Å². The molecule has 0 spiro atoms. The number of hydrogen-bond acceptors (Lipinski definition) is 0. The van der Waals surface area contributed by atoms with Gasteiger partial charge in [0.15, 0.2) is 0 Å². The molecule has 0 nitrogen and oxygen atoms in total. The maximum absolute atomic E-state index is 2.46. The molecule has 0 aliphatic heterocycles. The van der Waals surface area contributed by atoms with Crippen molar-refractivity contribution in [2.75, 3.05) is 0 Å². The summed E-state index contributed by atoms with van der Waals surface area (Å²) < 4.78 is 0. The number of rotatable bonds is 10. The lowest BCUT2D eigenvalue weighted by molar-refractivity contribution is 0.636. The molecule has 1 rings (SSSR count). The van der Waals surface area contributed by atoms with E-state index in [9.17, 15) is 0 Å². The summed E-state index contributed by atoms with van der Waals surface area (Å²) in [6, 6.07) is 10.5. The molecule has 0 bridgehead atoms. The lowest BCUT2D eigenvalue weighted by Crippen LogP contribution is -1.81. The summed E-state index contributed by atoms with van der Waals surface area (Å²) in [5, 5.41) is 0. The first kappa shape index (κ1) is 16.8. The topological polar surface area (TPSA) is 0 Å². The van der Waals surface area contributed by atoms with Gasteiger partial charge in [-0.2, -0.15) is 0 Å². The van der Waals surface area contributed by atoms with Crippen LogP contribution in [0.2, 0.25) is 0 Å². The highest BCUT2D eigenvalue weighted by molar-refractivity contribution is 5.49. The zero-order valence-electron chi connectivity index (χ0n) is 13.3. The number of hydrogen-bond donors (Lipinski definition) is 0. The Kier molecular flexibility index (Phi) is 9.65. The van der Waals surface area contributed by atoms with Gasteiger partial charge in [-0.3, -0.25) is 0 Å². The first-order valence-corrected chi connectivity index (χ1v) is 8.26. The molecule has 0 radical (unpaired) electrons. The van der Waals surface area contributed by atoms with E-state index in [1.54, 1.807) is 5.57 Å². The van der Waals surface area contributed by atoms with Gasteiger partial charge >= 0.3 is 0 Å². The van der Waals surface area contributed by atoms with Crippen molar-refractivity contribution in [3.8, 4) is 0 Å². The molecule has 1 aromatic rings. The molecule has 0 heteroatoms. The van der Waals surface area contributed by atoms with Crippen molar-refractivity contribution >= 4 is 6.08 Å². The second-order valence-corrected chi connectivity index (χ2v) is 5.44. The smallest absolute Gasteiger partial charge is 0.0136 e. The highest BCUT2D eigenvalue weighted by atomic mass is 14.0. The predicted molar refractivity (Wildman–Crippen MR) is 91.8 cm³/mol. The largest absolute Gasteiger partial charge is 0.0850 e. The molecule has 0 aromatic heterocycles. The van der Waals surface area contributed by atoms with Crippen molar-refractivity contribution in [2.45, 2.75) is 65.2 Å². The number of unbranched alkanes of at least 4 members (excludes halogenated alkanes) is 5. The minimum absolute atomic E-state index is 1.10. The quantitative estimate of drug-likeness (QED) is 0.324. The van der Waals surface area contributed by atoms with Crippen molar-refractivity contribution in [1.82, 2.24) is 0 Å². The van der Waals surface area contributed by atoms with Gasteiger partial charge in [0.2, 0.25) is 0 Å². The van der Waals surface area contributed by atoms with Crippen LogP contribution in [0.25, 0.3) is 6.08 Å². The maximum atomic E-state index is 2.46. The predicted octanol–water partition coefficient (Wildman–Crippen LogP) is 6.79. The molecular formula is C20H30. The Morgan fingerprint density at radius 2 is 1.70 bits per heavy atom. The Morgan fingerprint density at radius 1 is 0.950 bits per heavy atom. The van der Waals surface area contributed by atoms with Gasteiger partial charge in [0.05, 0.1) is 0 Å². The molecule has 20 heavy (non-hydrogen) atoms. The van der Waals surface area contributed by atoms with Crippen LogP contribution in [-0.2, 0) is 0 Å². The fourth-order valence-electron chi connectivity index (χ4n) is 2.34. The summed E-state index contributed by atoms with van der Waals surface area (Å²) in [6.07, 6.45) is 17.4. The van der Waals surface area contributed by atoms with Crippen LogP contribution < -0.4 is 0 Å². The first-order chi connectivity index (χ1) is 9.86. The molecule has 1 aromatic carbocycles. The van der Waals surface area contributed by atoms with Gasteiger partial charge < -0.3 is 0 Å². The van der Waals surface area contributed by atoms with E-state index in [-0.39, 0.29) is 0 Å². The fraction of sp³-hybridized carbons (Fsp3) is 0.500. The fourth-order valence-corrected chi connectivity index (χ4v) is 2.34. The average molecular weight is 270 g/mol. The van der Waals surface area contributed by atoms with E-state index in [1.165, 1.54) is 50.5 Å². The zero-order chi connectivity index (χ0) is 14.5. The maximum Gasteiger partial charge on any atom is -0.0136 e. The van der Waals surface area contributed by atoms with Crippen LogP contribution in [0.15, 0.2) is 48.1 Å². The van der Waals surface area contributed by atoms with Gasteiger partial charge in [0.1, 0.15) is 0 Å². The minimum atomic E-state index is 1.10. The molecule has 0 amide bonds. The van der Waals surface area contributed by atoms with Crippen LogP contribution >= 0.6 is 0 Å². The average Bonchev–Trinajstić information content (AvgIpc) is 2.50. The van der Waals surface area contributed by atoms with E-state index in [2.05, 4.69) is 62.4 Å². The molecule has 0 unspecified atom stereocenters. The summed E-state index contributed by atoms with van der Waals surface area (Å²) in [7, 11) is 0. The van der Waals surface area contributed by atoms with E-state index in [0.29, 0.717) is 0 Å². The number of allylic oxidation sites excluding steroid dienone is 3. The van der Waals surface area contributed by atoms with Crippen LogP contribution in [0.5, 0.6) is 0 Å². The molecule has 0 N–H and O–H groups in total. The monoisotopic (exact) mass is 270 g/mol. The van der Waals surface area contributed by atoms with Gasteiger partial charge in [0.25, 0.3) is 0 Å². The van der Waals surface area contributed by atoms with E-state index >= 15 is 0 Å². The minimum Gasteiger partial charge on any atom is -0.0850 e. The summed E-state index contributed by atoms with van der Waals surface area (Å²) in [6.45, 7) is 4.54. The number of benzene rings is 1. The first-order valence-electron chi connectivity index (χ1n) is 8.26. The van der Waals surface area contributed by atoms with Crippen molar-refractivity contribution in [3.63, 3.8) is 0 Å². The highest BCUT2D eigenvalue weighted by Crippen LogP contribution is 2.13. The standard InChI is InChI=1S/C20H30/c1-3-5-6-7-8-10-14-19(4-2)17-13-18-20-15-11-9-12-16-20/h9,11-16,18H,3-8,10,17H2,1-2H3/b18-13+,19-14+. The summed E-state index contributed by atoms with van der Waals surface area (Å²) in [5.74, 6) is 0. The molecule has 0 saturated heterocycles. The summed E-state index contributed by atoms with van der Waals surface area (Å²) >= 11 is 0. The molecule has 110 valence electrons. The van der Waals surface area contributed by atoms with E-state index in [1.807, 2.05) is 0 Å². The van der Waals surface area contributed by atoms with E-state index in [4.69, 9.17) is 0 Å². The molecular weight excluding hydrogens is 240 g/mol. The van der Waals surface area contributed by atoms with Crippen LogP contribution in [0.4, 0.5) is 0 Å². The van der Waals surface area contributed by atoms with Crippen molar-refractivity contribution < 1.29 is 0 Å². The summed E-state index contributed by atoms with van der Waals surface area (Å²) in [4.78, 5) is 0. The Labute approximate surface area is 125 Å². The highest BCUT2D eigenvalue weighted by Gasteiger charge is 1.93. The Hall–Kier alpha value is -1.30. The van der Waals surface area contributed by atoms with Gasteiger partial charge in [0, 0.05) is 0 Å². The normalized spacial score (nSPS) is 12.2. The van der Waals surface area contributed by atoms with Crippen molar-refractivity contribution in [1.29, 1.82) is 0 Å². The molecule has 0 aliphatic carbocycles. The van der Waals surface area contributed by atoms with E-state index < -0.39 is 0 Å². The van der Waals surface area contributed by atoms with Crippen molar-refractivity contribution in [3.05, 3.63) is 53.6 Å². The van der Waals surface area contributed by atoms with Crippen LogP contribution in [0, 0.1) is 0 Å². The van der Waals surface area contributed by atoms with Crippen molar-refractivity contribution in [2.24, 2.45) is 0 Å². The SMILES string of the molecule is CCCCCCC/C=C(\CC)C/C=C/c1ccccc1. The van der Waals surface area contributed by atoms with Crippen LogP contribution in [-0.4, -0.2) is 0 Å². The Morgan fingerprint density at radius 3 is 2.40 bits per heavy atom. The Bertz CT molecular complexity index is 384.